The molecule has 0 amide bonds. The van der Waals surface area contributed by atoms with Crippen LogP contribution in [0.2, 0.25) is 0 Å². The fraction of sp³-hybridized carbons (Fsp3) is 0.250. The molecule has 94 valence electrons. The summed E-state index contributed by atoms with van der Waals surface area (Å²) in [4.78, 5) is 15.0. The Kier molecular flexibility index (Phi) is 3.57. The van der Waals surface area contributed by atoms with Crippen molar-refractivity contribution < 1.29 is 9.53 Å². The second-order valence-electron chi connectivity index (χ2n) is 3.77. The number of methoxy groups -OCH3 is 1. The Bertz CT molecular complexity index is 551. The lowest BCUT2D eigenvalue weighted by Gasteiger charge is -2.04. The Morgan fingerprint density at radius 2 is 2.22 bits per heavy atom. The summed E-state index contributed by atoms with van der Waals surface area (Å²) < 4.78 is 6.13. The molecule has 0 fully saturated rings. The molecule has 6 heteroatoms. The predicted molar refractivity (Wildman–Crippen MR) is 65.9 cm³/mol. The molecule has 0 unspecified atom stereocenters. The average Bonchev–Trinajstić information content (AvgIpc) is 2.86. The number of aryl methyl sites for hydroxylation is 2. The van der Waals surface area contributed by atoms with E-state index in [0.29, 0.717) is 6.54 Å². The van der Waals surface area contributed by atoms with E-state index in [1.165, 1.54) is 13.4 Å². The summed E-state index contributed by atoms with van der Waals surface area (Å²) in [6.07, 6.45) is 2.24. The molecule has 0 saturated heterocycles. The summed E-state index contributed by atoms with van der Waals surface area (Å²) in [5.74, 6) is -0.466. The van der Waals surface area contributed by atoms with Crippen LogP contribution in [0, 0.1) is 0 Å². The lowest BCUT2D eigenvalue weighted by Crippen LogP contribution is -2.07. The third-order valence-electron chi connectivity index (χ3n) is 2.57. The minimum atomic E-state index is -0.534. The van der Waals surface area contributed by atoms with E-state index < -0.39 is 5.97 Å². The van der Waals surface area contributed by atoms with Gasteiger partial charge in [-0.3, -0.25) is 4.68 Å². The minimum Gasteiger partial charge on any atom is -0.463 e. The molecule has 6 nitrogen and oxygen atoms in total. The number of carbonyl (C=O) groups excluding carboxylic acids is 1. The third kappa shape index (κ3) is 2.65. The molecule has 0 aliphatic carbocycles. The van der Waals surface area contributed by atoms with Crippen molar-refractivity contribution in [2.45, 2.75) is 13.0 Å². The number of para-hydroxylation sites is 1. The first-order chi connectivity index (χ1) is 8.70. The van der Waals surface area contributed by atoms with Gasteiger partial charge < -0.3 is 10.5 Å². The number of nitrogens with two attached hydrogens (primary N) is 1. The molecule has 1 heterocycles. The van der Waals surface area contributed by atoms with Crippen molar-refractivity contribution in [3.63, 3.8) is 0 Å². The molecule has 1 aromatic heterocycles. The molecule has 0 bridgehead atoms. The number of nitrogens with zero attached hydrogens (tertiary/aromatic N) is 3. The normalized spacial score (nSPS) is 10.3. The average molecular weight is 246 g/mol. The number of aromatic nitrogens is 3. The molecular formula is C12H14N4O2. The van der Waals surface area contributed by atoms with Gasteiger partial charge in [0, 0.05) is 12.2 Å². The first kappa shape index (κ1) is 12.1. The number of hydrogen-bond acceptors (Lipinski definition) is 5. The van der Waals surface area contributed by atoms with Gasteiger partial charge in [-0.25, -0.2) is 9.78 Å². The summed E-state index contributed by atoms with van der Waals surface area (Å²) in [6, 6.07) is 7.65. The molecule has 2 aromatic rings. The van der Waals surface area contributed by atoms with E-state index in [0.717, 1.165) is 17.7 Å². The van der Waals surface area contributed by atoms with E-state index in [1.807, 2.05) is 24.3 Å². The van der Waals surface area contributed by atoms with Crippen LogP contribution in [0.25, 0.3) is 0 Å². The molecular weight excluding hydrogens is 232 g/mol. The van der Waals surface area contributed by atoms with Crippen LogP contribution in [0.5, 0.6) is 0 Å². The van der Waals surface area contributed by atoms with E-state index >= 15 is 0 Å². The van der Waals surface area contributed by atoms with Crippen molar-refractivity contribution in [2.75, 3.05) is 12.8 Å². The third-order valence-corrected chi connectivity index (χ3v) is 2.57. The maximum absolute atomic E-state index is 11.2. The molecule has 0 aliphatic rings. The van der Waals surface area contributed by atoms with Crippen LogP contribution in [-0.4, -0.2) is 27.8 Å². The van der Waals surface area contributed by atoms with Gasteiger partial charge in [-0.15, -0.1) is 5.10 Å². The second kappa shape index (κ2) is 5.31. The molecule has 0 radical (unpaired) electrons. The Morgan fingerprint density at radius 3 is 2.94 bits per heavy atom. The first-order valence-corrected chi connectivity index (χ1v) is 5.52. The number of ether oxygens (including phenoxy) is 1. The molecule has 18 heavy (non-hydrogen) atoms. The van der Waals surface area contributed by atoms with Crippen LogP contribution < -0.4 is 5.73 Å². The van der Waals surface area contributed by atoms with Gasteiger partial charge in [0.2, 0.25) is 0 Å². The van der Waals surface area contributed by atoms with Gasteiger partial charge in [0.05, 0.1) is 7.11 Å². The smallest absolute Gasteiger partial charge is 0.377 e. The van der Waals surface area contributed by atoms with E-state index in [4.69, 9.17) is 5.73 Å². The van der Waals surface area contributed by atoms with Crippen molar-refractivity contribution in [2.24, 2.45) is 0 Å². The topological polar surface area (TPSA) is 83.0 Å². The summed E-state index contributed by atoms with van der Waals surface area (Å²) in [7, 11) is 1.30. The molecule has 1 aromatic carbocycles. The predicted octanol–water partition coefficient (Wildman–Crippen LogP) is 0.890. The quantitative estimate of drug-likeness (QED) is 0.640. The zero-order chi connectivity index (χ0) is 13.0. The minimum absolute atomic E-state index is 0.0681. The lowest BCUT2D eigenvalue weighted by molar-refractivity contribution is 0.0586. The number of nitrogen functional groups attached to an aromatic ring is 1. The molecule has 0 aliphatic heterocycles. The fourth-order valence-corrected chi connectivity index (χ4v) is 1.58. The summed E-state index contributed by atoms with van der Waals surface area (Å²) in [5, 5.41) is 4.02. The summed E-state index contributed by atoms with van der Waals surface area (Å²) in [6.45, 7) is 0.609. The highest BCUT2D eigenvalue weighted by Gasteiger charge is 2.11. The molecule has 2 N–H and O–H groups in total. The Hall–Kier alpha value is -2.37. The van der Waals surface area contributed by atoms with E-state index in [1.54, 1.807) is 4.68 Å². The maximum atomic E-state index is 11.2. The SMILES string of the molecule is COC(=O)c1ncn(CCc2ccccc2N)n1. The van der Waals surface area contributed by atoms with Gasteiger partial charge >= 0.3 is 5.97 Å². The van der Waals surface area contributed by atoms with Crippen LogP contribution in [0.15, 0.2) is 30.6 Å². The molecule has 0 spiro atoms. The van der Waals surface area contributed by atoms with Crippen LogP contribution in [0.3, 0.4) is 0 Å². The van der Waals surface area contributed by atoms with Gasteiger partial charge in [-0.05, 0) is 18.1 Å². The molecule has 2 rings (SSSR count). The van der Waals surface area contributed by atoms with Gasteiger partial charge in [0.25, 0.3) is 5.82 Å². The van der Waals surface area contributed by atoms with Crippen LogP contribution >= 0.6 is 0 Å². The highest BCUT2D eigenvalue weighted by molar-refractivity contribution is 5.84. The Balaban J connectivity index is 2.01. The van der Waals surface area contributed by atoms with Gasteiger partial charge in [-0.1, -0.05) is 18.2 Å². The van der Waals surface area contributed by atoms with Gasteiger partial charge in [0.1, 0.15) is 6.33 Å². The summed E-state index contributed by atoms with van der Waals surface area (Å²) >= 11 is 0. The van der Waals surface area contributed by atoms with Gasteiger partial charge in [0.15, 0.2) is 0 Å². The second-order valence-corrected chi connectivity index (χ2v) is 3.77. The maximum Gasteiger partial charge on any atom is 0.377 e. The van der Waals surface area contributed by atoms with Crippen LogP contribution in [0.4, 0.5) is 5.69 Å². The zero-order valence-electron chi connectivity index (χ0n) is 10.0. The number of anilines is 1. The standard InChI is InChI=1S/C12H14N4O2/c1-18-12(17)11-14-8-16(15-11)7-6-9-4-2-3-5-10(9)13/h2-5,8H,6-7,13H2,1H3. The van der Waals surface area contributed by atoms with Crippen molar-refractivity contribution in [3.8, 4) is 0 Å². The van der Waals surface area contributed by atoms with Crippen molar-refractivity contribution in [3.05, 3.63) is 42.0 Å². The molecule has 0 atom stereocenters. The van der Waals surface area contributed by atoms with Crippen molar-refractivity contribution in [1.82, 2.24) is 14.8 Å². The van der Waals surface area contributed by atoms with Crippen LogP contribution in [0.1, 0.15) is 16.2 Å². The van der Waals surface area contributed by atoms with Crippen molar-refractivity contribution in [1.29, 1.82) is 0 Å². The Labute approximate surface area is 104 Å². The number of benzene rings is 1. The lowest BCUT2D eigenvalue weighted by atomic mass is 10.1. The highest BCUT2D eigenvalue weighted by Crippen LogP contribution is 2.11. The number of esters is 1. The molecule has 0 saturated carbocycles. The number of hydrogen-bond donors (Lipinski definition) is 1. The largest absolute Gasteiger partial charge is 0.463 e. The van der Waals surface area contributed by atoms with Crippen molar-refractivity contribution >= 4 is 11.7 Å². The summed E-state index contributed by atoms with van der Waals surface area (Å²) in [5.41, 5.74) is 7.64. The number of carbonyl (C=O) groups is 1. The monoisotopic (exact) mass is 246 g/mol. The van der Waals surface area contributed by atoms with E-state index in [-0.39, 0.29) is 5.82 Å². The fourth-order valence-electron chi connectivity index (χ4n) is 1.58. The number of rotatable bonds is 4. The van der Waals surface area contributed by atoms with E-state index in [2.05, 4.69) is 14.8 Å². The van der Waals surface area contributed by atoms with Gasteiger partial charge in [-0.2, -0.15) is 0 Å². The van der Waals surface area contributed by atoms with E-state index in [9.17, 15) is 4.79 Å². The highest BCUT2D eigenvalue weighted by atomic mass is 16.5. The van der Waals surface area contributed by atoms with Crippen LogP contribution in [-0.2, 0) is 17.7 Å². The zero-order valence-corrected chi connectivity index (χ0v) is 10.0. The Morgan fingerprint density at radius 1 is 1.44 bits per heavy atom. The first-order valence-electron chi connectivity index (χ1n) is 5.52.